The maximum Gasteiger partial charge on any atom is 0.254 e. The van der Waals surface area contributed by atoms with Crippen molar-refractivity contribution in [1.82, 2.24) is 4.57 Å². The van der Waals surface area contributed by atoms with E-state index in [2.05, 4.69) is 0 Å². The fourth-order valence-corrected chi connectivity index (χ4v) is 0.669. The van der Waals surface area contributed by atoms with Gasteiger partial charge in [-0.1, -0.05) is 0 Å². The van der Waals surface area contributed by atoms with Gasteiger partial charge in [0, 0.05) is 29.5 Å². The van der Waals surface area contributed by atoms with E-state index in [-0.39, 0.29) is 5.56 Å². The van der Waals surface area contributed by atoms with Crippen molar-refractivity contribution in [2.75, 3.05) is 0 Å². The molecule has 58 valence electrons. The van der Waals surface area contributed by atoms with Gasteiger partial charge in [-0.05, 0) is 0 Å². The number of nitrogens with two attached hydrogens (primary N) is 1. The Bertz CT molecular complexity index is 422. The molecule has 1 aromatic heterocycles. The van der Waals surface area contributed by atoms with Gasteiger partial charge in [-0.3, -0.25) is 9.59 Å². The predicted octanol–water partition coefficient (Wildman–Crippen LogP) is -0.516. The van der Waals surface area contributed by atoms with Crippen LogP contribution in [-0.2, 0) is 6.98 Å². The van der Waals surface area contributed by atoms with Crippen LogP contribution in [0.2, 0.25) is 0 Å². The lowest BCUT2D eigenvalue weighted by molar-refractivity contribution is 0.0998. The lowest BCUT2D eigenvalue weighted by Crippen LogP contribution is -2.22. The molecule has 0 aliphatic rings. The molecule has 0 aliphatic carbocycles. The highest BCUT2D eigenvalue weighted by Gasteiger charge is 2.03. The Morgan fingerprint density at radius 2 is 2.55 bits per heavy atom. The molecule has 0 unspecified atom stereocenters. The number of hydrogen-bond donors (Lipinski definition) is 1. The number of hydrogen-bond acceptors (Lipinski definition) is 2. The lowest BCUT2D eigenvalue weighted by Gasteiger charge is -1.97. The van der Waals surface area contributed by atoms with Gasteiger partial charge >= 0.3 is 0 Å². The van der Waals surface area contributed by atoms with Crippen LogP contribution >= 0.6 is 0 Å². The van der Waals surface area contributed by atoms with E-state index in [1.165, 1.54) is 0 Å². The van der Waals surface area contributed by atoms with Crippen LogP contribution in [0.3, 0.4) is 0 Å². The van der Waals surface area contributed by atoms with Crippen LogP contribution in [0, 0.1) is 0 Å². The third-order valence-electron chi connectivity index (χ3n) is 1.19. The molecule has 0 spiro atoms. The molecular formula is C7H8N2O2. The van der Waals surface area contributed by atoms with E-state index in [9.17, 15) is 9.59 Å². The monoisotopic (exact) mass is 155 g/mol. The summed E-state index contributed by atoms with van der Waals surface area (Å²) in [4.78, 5) is 21.8. The molecule has 4 nitrogen and oxygen atoms in total. The molecule has 1 amide bonds. The maximum atomic E-state index is 11.0. The number of carbonyl (C=O) groups is 1. The second-order valence-electron chi connectivity index (χ2n) is 1.99. The third kappa shape index (κ3) is 1.46. The Kier molecular flexibility index (Phi) is 1.01. The topological polar surface area (TPSA) is 65.1 Å². The van der Waals surface area contributed by atoms with Crippen molar-refractivity contribution in [1.29, 1.82) is 0 Å². The highest BCUT2D eigenvalue weighted by Crippen LogP contribution is 1.87. The second-order valence-corrected chi connectivity index (χ2v) is 1.99. The first-order chi connectivity index (χ1) is 6.32. The van der Waals surface area contributed by atoms with Gasteiger partial charge in [-0.15, -0.1) is 0 Å². The summed E-state index contributed by atoms with van der Waals surface area (Å²) in [6, 6.07) is 0.993. The van der Waals surface area contributed by atoms with Gasteiger partial charge in [0.05, 0.1) is 0 Å². The van der Waals surface area contributed by atoms with Gasteiger partial charge in [0.2, 0.25) is 0 Å². The van der Waals surface area contributed by atoms with Crippen LogP contribution in [0.25, 0.3) is 0 Å². The van der Waals surface area contributed by atoms with Crippen molar-refractivity contribution in [2.45, 2.75) is 0 Å². The van der Waals surface area contributed by atoms with E-state index >= 15 is 0 Å². The molecule has 0 aromatic carbocycles. The first kappa shape index (κ1) is 4.33. The maximum absolute atomic E-state index is 11.0. The molecule has 0 aliphatic heterocycles. The molecular weight excluding hydrogens is 144 g/mol. The highest BCUT2D eigenvalue weighted by atomic mass is 16.2. The molecule has 4 heteroatoms. The number of rotatable bonds is 1. The quantitative estimate of drug-likeness (QED) is 0.593. The molecule has 0 saturated carbocycles. The smallest absolute Gasteiger partial charge is 0.254 e. The van der Waals surface area contributed by atoms with E-state index in [0.29, 0.717) is 0 Å². The predicted molar refractivity (Wildman–Crippen MR) is 40.2 cm³/mol. The van der Waals surface area contributed by atoms with Gasteiger partial charge in [0.15, 0.2) is 5.43 Å². The van der Waals surface area contributed by atoms with E-state index < -0.39 is 18.3 Å². The molecule has 1 heterocycles. The van der Waals surface area contributed by atoms with Crippen molar-refractivity contribution >= 4 is 5.91 Å². The average molecular weight is 155 g/mol. The minimum absolute atomic E-state index is 0.330. The zero-order valence-electron chi connectivity index (χ0n) is 8.57. The standard InChI is InChI=1S/C7H8N2O2/c1-9-3-2-6(10)5(4-9)7(8)11/h2-4H,1H3,(H2,8,11)/i1D3. The molecule has 1 rings (SSSR count). The molecule has 2 N–H and O–H groups in total. The number of aromatic nitrogens is 1. The van der Waals surface area contributed by atoms with Crippen molar-refractivity contribution in [3.8, 4) is 0 Å². The van der Waals surface area contributed by atoms with Crippen LogP contribution < -0.4 is 11.2 Å². The molecule has 1 aromatic rings. The Hall–Kier alpha value is -1.58. The van der Waals surface area contributed by atoms with E-state index in [0.717, 1.165) is 23.0 Å². The minimum atomic E-state index is -2.42. The first-order valence-corrected chi connectivity index (χ1v) is 2.85. The van der Waals surface area contributed by atoms with Crippen molar-refractivity contribution in [3.63, 3.8) is 0 Å². The number of carbonyl (C=O) groups excluding carboxylic acids is 1. The summed E-state index contributed by atoms with van der Waals surface area (Å²) in [6.45, 7) is -2.42. The summed E-state index contributed by atoms with van der Waals surface area (Å²) in [5.41, 5.74) is 3.98. The van der Waals surface area contributed by atoms with E-state index in [1.54, 1.807) is 0 Å². The molecule has 0 saturated heterocycles. The molecule has 11 heavy (non-hydrogen) atoms. The van der Waals surface area contributed by atoms with E-state index in [1.807, 2.05) is 0 Å². The lowest BCUT2D eigenvalue weighted by atomic mass is 10.2. The Labute approximate surface area is 67.5 Å². The van der Waals surface area contributed by atoms with Crippen molar-refractivity contribution in [2.24, 2.45) is 12.7 Å². The minimum Gasteiger partial charge on any atom is -0.365 e. The van der Waals surface area contributed by atoms with Crippen LogP contribution in [0.15, 0.2) is 23.3 Å². The van der Waals surface area contributed by atoms with Gasteiger partial charge in [-0.25, -0.2) is 0 Å². The summed E-state index contributed by atoms with van der Waals surface area (Å²) >= 11 is 0. The summed E-state index contributed by atoms with van der Waals surface area (Å²) in [6.07, 6.45) is 2.01. The van der Waals surface area contributed by atoms with Gasteiger partial charge in [-0.2, -0.15) is 0 Å². The molecule has 0 radical (unpaired) electrons. The van der Waals surface area contributed by atoms with Crippen LogP contribution in [-0.4, -0.2) is 10.5 Å². The van der Waals surface area contributed by atoms with E-state index in [4.69, 9.17) is 9.85 Å². The zero-order chi connectivity index (χ0) is 10.9. The fourth-order valence-electron chi connectivity index (χ4n) is 0.669. The summed E-state index contributed by atoms with van der Waals surface area (Å²) in [5.74, 6) is -0.936. The number of pyridine rings is 1. The molecule has 0 fully saturated rings. The van der Waals surface area contributed by atoms with Crippen molar-refractivity contribution < 1.29 is 8.91 Å². The van der Waals surface area contributed by atoms with Crippen LogP contribution in [0.1, 0.15) is 14.5 Å². The third-order valence-corrected chi connectivity index (χ3v) is 1.19. The second kappa shape index (κ2) is 2.57. The van der Waals surface area contributed by atoms with Crippen LogP contribution in [0.5, 0.6) is 0 Å². The Morgan fingerprint density at radius 3 is 3.09 bits per heavy atom. The molecule has 0 bridgehead atoms. The number of aryl methyl sites for hydroxylation is 1. The van der Waals surface area contributed by atoms with Gasteiger partial charge < -0.3 is 10.3 Å². The summed E-state index contributed by atoms with van der Waals surface area (Å²) in [7, 11) is 0. The van der Waals surface area contributed by atoms with Gasteiger partial charge in [0.25, 0.3) is 5.91 Å². The fraction of sp³-hybridized carbons (Fsp3) is 0.143. The number of amides is 1. The SMILES string of the molecule is [2H]C([2H])([2H])n1ccc(=O)c(C(N)=O)c1. The Morgan fingerprint density at radius 1 is 1.82 bits per heavy atom. The highest BCUT2D eigenvalue weighted by molar-refractivity contribution is 5.92. The number of nitrogens with zero attached hydrogens (tertiary/aromatic N) is 1. The first-order valence-electron chi connectivity index (χ1n) is 4.35. The summed E-state index contributed by atoms with van der Waals surface area (Å²) < 4.78 is 21.9. The average Bonchev–Trinajstić information content (AvgIpc) is 2.02. The largest absolute Gasteiger partial charge is 0.365 e. The van der Waals surface area contributed by atoms with Crippen molar-refractivity contribution in [3.05, 3.63) is 34.2 Å². The molecule has 0 atom stereocenters. The normalized spacial score (nSPS) is 14.7. The van der Waals surface area contributed by atoms with Crippen LogP contribution in [0.4, 0.5) is 0 Å². The van der Waals surface area contributed by atoms with Gasteiger partial charge in [0.1, 0.15) is 5.56 Å². The zero-order valence-corrected chi connectivity index (χ0v) is 5.57. The Balaban J connectivity index is 3.34. The summed E-state index contributed by atoms with van der Waals surface area (Å²) in [5, 5.41) is 0. The number of primary amides is 1.